The molecule has 1 N–H and O–H groups in total. The fraction of sp³-hybridized carbons (Fsp3) is 0.600. The molecule has 0 radical (unpaired) electrons. The lowest BCUT2D eigenvalue weighted by molar-refractivity contribution is -0.157. The van der Waals surface area contributed by atoms with Crippen LogP contribution in [0.3, 0.4) is 0 Å². The Morgan fingerprint density at radius 3 is 2.60 bits per heavy atom. The lowest BCUT2D eigenvalue weighted by Crippen LogP contribution is -2.44. The van der Waals surface area contributed by atoms with Crippen LogP contribution in [0, 0.1) is 11.8 Å². The number of amides is 2. The van der Waals surface area contributed by atoms with Gasteiger partial charge in [0, 0.05) is 13.1 Å². The molecule has 1 aliphatic heterocycles. The minimum atomic E-state index is -0.305. The van der Waals surface area contributed by atoms with E-state index in [1.807, 2.05) is 11.0 Å². The zero-order valence-corrected chi connectivity index (χ0v) is 15.1. The molecule has 1 heterocycles. The molecule has 1 aromatic rings. The number of likely N-dealkylation sites (tertiary alicyclic amines) is 1. The van der Waals surface area contributed by atoms with Crippen molar-refractivity contribution in [2.45, 2.75) is 45.4 Å². The van der Waals surface area contributed by atoms with Crippen LogP contribution in [0.15, 0.2) is 30.3 Å². The molecule has 0 bridgehead atoms. The number of hydrogen-bond donors (Lipinski definition) is 1. The van der Waals surface area contributed by atoms with Gasteiger partial charge in [0.25, 0.3) is 0 Å². The summed E-state index contributed by atoms with van der Waals surface area (Å²) < 4.78 is 0. The molecule has 0 saturated carbocycles. The van der Waals surface area contributed by atoms with Crippen molar-refractivity contribution in [3.63, 3.8) is 0 Å². The zero-order valence-electron chi connectivity index (χ0n) is 15.1. The van der Waals surface area contributed by atoms with E-state index in [0.717, 1.165) is 45.2 Å². The van der Waals surface area contributed by atoms with Gasteiger partial charge in [0.2, 0.25) is 12.3 Å². The molecule has 5 nitrogen and oxygen atoms in total. The maximum absolute atomic E-state index is 12.8. The fourth-order valence-electron chi connectivity index (χ4n) is 3.58. The van der Waals surface area contributed by atoms with E-state index in [-0.39, 0.29) is 18.4 Å². The lowest BCUT2D eigenvalue weighted by atomic mass is 9.89. The standard InChI is InChI=1S/C20H30N2O3/c1-2-3-9-19(15-22(25)16-23)20(24)21-12-10-18(11-13-21)14-17-7-5-4-6-8-17/h4-8,16,18-19,25H,2-3,9-15H2,1H3/t19-/m1/s1. The van der Waals surface area contributed by atoms with Gasteiger partial charge in [0.1, 0.15) is 0 Å². The molecule has 25 heavy (non-hydrogen) atoms. The third-order valence-electron chi connectivity index (χ3n) is 5.08. The van der Waals surface area contributed by atoms with Crippen LogP contribution >= 0.6 is 0 Å². The number of hydroxylamine groups is 2. The van der Waals surface area contributed by atoms with Crippen molar-refractivity contribution in [1.29, 1.82) is 0 Å². The van der Waals surface area contributed by atoms with Crippen LogP contribution in [0.1, 0.15) is 44.6 Å². The van der Waals surface area contributed by atoms with Gasteiger partial charge in [-0.05, 0) is 37.2 Å². The van der Waals surface area contributed by atoms with Crippen molar-refractivity contribution < 1.29 is 14.8 Å². The fourth-order valence-corrected chi connectivity index (χ4v) is 3.58. The summed E-state index contributed by atoms with van der Waals surface area (Å²) >= 11 is 0. The van der Waals surface area contributed by atoms with Gasteiger partial charge in [-0.25, -0.2) is 5.06 Å². The van der Waals surface area contributed by atoms with Gasteiger partial charge in [0.05, 0.1) is 12.5 Å². The van der Waals surface area contributed by atoms with Gasteiger partial charge < -0.3 is 4.90 Å². The van der Waals surface area contributed by atoms with Crippen LogP contribution in [0.2, 0.25) is 0 Å². The topological polar surface area (TPSA) is 60.9 Å². The van der Waals surface area contributed by atoms with Crippen LogP contribution in [0.5, 0.6) is 0 Å². The SMILES string of the molecule is CCCC[C@H](CN(O)C=O)C(=O)N1CCC(Cc2ccccc2)CC1. The summed E-state index contributed by atoms with van der Waals surface area (Å²) in [6, 6.07) is 10.5. The molecular formula is C20H30N2O3. The lowest BCUT2D eigenvalue weighted by Gasteiger charge is -2.34. The number of piperidine rings is 1. The Morgan fingerprint density at radius 1 is 1.32 bits per heavy atom. The van der Waals surface area contributed by atoms with Crippen LogP contribution < -0.4 is 0 Å². The molecule has 1 saturated heterocycles. The number of rotatable bonds is 9. The Labute approximate surface area is 150 Å². The maximum atomic E-state index is 12.8. The third-order valence-corrected chi connectivity index (χ3v) is 5.08. The summed E-state index contributed by atoms with van der Waals surface area (Å²) in [5.74, 6) is 0.387. The van der Waals surface area contributed by atoms with Crippen LogP contribution in [0.25, 0.3) is 0 Å². The summed E-state index contributed by atoms with van der Waals surface area (Å²) in [5.41, 5.74) is 1.36. The van der Waals surface area contributed by atoms with E-state index >= 15 is 0 Å². The van der Waals surface area contributed by atoms with Gasteiger partial charge in [-0.3, -0.25) is 14.8 Å². The smallest absolute Gasteiger partial charge is 0.233 e. The third kappa shape index (κ3) is 6.16. The Kier molecular flexibility index (Phi) is 7.92. The summed E-state index contributed by atoms with van der Waals surface area (Å²) in [6.07, 6.45) is 6.10. The predicted molar refractivity (Wildman–Crippen MR) is 97.0 cm³/mol. The number of carbonyl (C=O) groups is 2. The van der Waals surface area contributed by atoms with Crippen LogP contribution in [-0.2, 0) is 16.0 Å². The first kappa shape index (κ1) is 19.4. The molecule has 0 aliphatic carbocycles. The van der Waals surface area contributed by atoms with E-state index in [0.29, 0.717) is 23.8 Å². The van der Waals surface area contributed by atoms with Crippen molar-refractivity contribution in [3.05, 3.63) is 35.9 Å². The largest absolute Gasteiger partial charge is 0.342 e. The molecule has 5 heteroatoms. The minimum absolute atomic E-state index is 0.0764. The summed E-state index contributed by atoms with van der Waals surface area (Å²) in [6.45, 7) is 3.70. The van der Waals surface area contributed by atoms with Crippen molar-refractivity contribution in [1.82, 2.24) is 9.96 Å². The van der Waals surface area contributed by atoms with Crippen molar-refractivity contribution in [2.24, 2.45) is 11.8 Å². The van der Waals surface area contributed by atoms with E-state index < -0.39 is 0 Å². The number of unbranched alkanes of at least 4 members (excludes halogenated alkanes) is 1. The molecule has 2 amide bonds. The summed E-state index contributed by atoms with van der Waals surface area (Å²) in [4.78, 5) is 25.4. The average molecular weight is 346 g/mol. The molecule has 0 unspecified atom stereocenters. The van der Waals surface area contributed by atoms with E-state index in [2.05, 4.69) is 31.2 Å². The molecule has 0 spiro atoms. The maximum Gasteiger partial charge on any atom is 0.233 e. The van der Waals surface area contributed by atoms with Crippen molar-refractivity contribution >= 4 is 12.3 Å². The molecule has 0 aromatic heterocycles. The Bertz CT molecular complexity index is 527. The summed E-state index contributed by atoms with van der Waals surface area (Å²) in [5, 5.41) is 10.1. The first-order valence-electron chi connectivity index (χ1n) is 9.37. The second-order valence-electron chi connectivity index (χ2n) is 7.02. The average Bonchev–Trinajstić information content (AvgIpc) is 2.65. The van der Waals surface area contributed by atoms with Gasteiger partial charge in [-0.2, -0.15) is 0 Å². The molecule has 2 rings (SSSR count). The quantitative estimate of drug-likeness (QED) is 0.424. The highest BCUT2D eigenvalue weighted by molar-refractivity contribution is 5.79. The van der Waals surface area contributed by atoms with Crippen LogP contribution in [0.4, 0.5) is 0 Å². The van der Waals surface area contributed by atoms with Crippen LogP contribution in [-0.4, -0.2) is 47.1 Å². The van der Waals surface area contributed by atoms with E-state index in [1.54, 1.807) is 0 Å². The monoisotopic (exact) mass is 346 g/mol. The number of carbonyl (C=O) groups excluding carboxylic acids is 2. The van der Waals surface area contributed by atoms with Gasteiger partial charge in [-0.1, -0.05) is 50.1 Å². The molecule has 1 fully saturated rings. The second kappa shape index (κ2) is 10.2. The first-order valence-corrected chi connectivity index (χ1v) is 9.37. The second-order valence-corrected chi connectivity index (χ2v) is 7.02. The Morgan fingerprint density at radius 2 is 2.00 bits per heavy atom. The van der Waals surface area contributed by atoms with E-state index in [9.17, 15) is 14.8 Å². The van der Waals surface area contributed by atoms with Gasteiger partial charge >= 0.3 is 0 Å². The van der Waals surface area contributed by atoms with Gasteiger partial charge in [-0.15, -0.1) is 0 Å². The normalized spacial score (nSPS) is 16.5. The molecule has 1 atom stereocenters. The zero-order chi connectivity index (χ0) is 18.1. The highest BCUT2D eigenvalue weighted by atomic mass is 16.5. The van der Waals surface area contributed by atoms with Crippen molar-refractivity contribution in [2.75, 3.05) is 19.6 Å². The highest BCUT2D eigenvalue weighted by Gasteiger charge is 2.29. The molecular weight excluding hydrogens is 316 g/mol. The van der Waals surface area contributed by atoms with Gasteiger partial charge in [0.15, 0.2) is 0 Å². The van der Waals surface area contributed by atoms with E-state index in [1.165, 1.54) is 5.56 Å². The number of hydrogen-bond acceptors (Lipinski definition) is 3. The highest BCUT2D eigenvalue weighted by Crippen LogP contribution is 2.24. The summed E-state index contributed by atoms with van der Waals surface area (Å²) in [7, 11) is 0. The van der Waals surface area contributed by atoms with Crippen molar-refractivity contribution in [3.8, 4) is 0 Å². The molecule has 1 aliphatic rings. The predicted octanol–water partition coefficient (Wildman–Crippen LogP) is 3.12. The Hall–Kier alpha value is -1.88. The first-order chi connectivity index (χ1) is 12.1. The number of benzene rings is 1. The minimum Gasteiger partial charge on any atom is -0.342 e. The Balaban J connectivity index is 1.86. The molecule has 138 valence electrons. The number of nitrogens with zero attached hydrogens (tertiary/aromatic N) is 2. The molecule has 1 aromatic carbocycles. The van der Waals surface area contributed by atoms with E-state index in [4.69, 9.17) is 0 Å².